The average molecular weight is 236 g/mol. The van der Waals surface area contributed by atoms with E-state index in [1.807, 2.05) is 39.0 Å². The smallest absolute Gasteiger partial charge is 0.411 e. The minimum Gasteiger partial charge on any atom is -0.449 e. The fourth-order valence-corrected chi connectivity index (χ4v) is 1.32. The first-order valence-electron chi connectivity index (χ1n) is 5.76. The van der Waals surface area contributed by atoms with Gasteiger partial charge in [0.25, 0.3) is 0 Å². The Labute approximate surface area is 102 Å². The first-order chi connectivity index (χ1) is 8.02. The van der Waals surface area contributed by atoms with Gasteiger partial charge in [-0.3, -0.25) is 5.32 Å². The Balaban J connectivity index is 2.64. The predicted molar refractivity (Wildman–Crippen MR) is 68.9 cm³/mol. The number of aryl methyl sites for hydroxylation is 1. The van der Waals surface area contributed by atoms with Gasteiger partial charge in [0, 0.05) is 12.2 Å². The second-order valence-corrected chi connectivity index (χ2v) is 4.47. The van der Waals surface area contributed by atoms with E-state index in [0.29, 0.717) is 19.1 Å². The molecule has 0 heterocycles. The van der Waals surface area contributed by atoms with Gasteiger partial charge in [0.15, 0.2) is 0 Å². The van der Waals surface area contributed by atoms with E-state index in [0.717, 1.165) is 16.8 Å². The Morgan fingerprint density at radius 3 is 2.76 bits per heavy atom. The van der Waals surface area contributed by atoms with Crippen LogP contribution in [0.5, 0.6) is 0 Å². The number of nitrogens with two attached hydrogens (primary N) is 1. The van der Waals surface area contributed by atoms with Crippen LogP contribution in [-0.4, -0.2) is 12.7 Å². The van der Waals surface area contributed by atoms with E-state index < -0.39 is 6.09 Å². The molecule has 4 heteroatoms. The SMILES string of the molecule is Cc1ccc(CN)cc1NC(=O)OCC(C)C. The van der Waals surface area contributed by atoms with Gasteiger partial charge >= 0.3 is 6.09 Å². The van der Waals surface area contributed by atoms with Crippen molar-refractivity contribution in [3.8, 4) is 0 Å². The van der Waals surface area contributed by atoms with E-state index >= 15 is 0 Å². The number of benzene rings is 1. The average Bonchev–Trinajstić information content (AvgIpc) is 2.29. The fraction of sp³-hybridized carbons (Fsp3) is 0.462. The van der Waals surface area contributed by atoms with E-state index in [4.69, 9.17) is 10.5 Å². The van der Waals surface area contributed by atoms with Gasteiger partial charge in [0.05, 0.1) is 6.61 Å². The van der Waals surface area contributed by atoms with Crippen LogP contribution in [0.1, 0.15) is 25.0 Å². The molecular formula is C13H20N2O2. The molecule has 4 nitrogen and oxygen atoms in total. The standard InChI is InChI=1S/C13H20N2O2/c1-9(2)8-17-13(16)15-12-6-11(7-14)5-4-10(12)3/h4-6,9H,7-8,14H2,1-3H3,(H,15,16). The van der Waals surface area contributed by atoms with Crippen molar-refractivity contribution in [1.82, 2.24) is 0 Å². The van der Waals surface area contributed by atoms with Gasteiger partial charge in [-0.1, -0.05) is 26.0 Å². The molecule has 1 rings (SSSR count). The topological polar surface area (TPSA) is 64.3 Å². The third-order valence-electron chi connectivity index (χ3n) is 2.32. The highest BCUT2D eigenvalue weighted by atomic mass is 16.5. The monoisotopic (exact) mass is 236 g/mol. The predicted octanol–water partition coefficient (Wildman–Crippen LogP) is 2.66. The molecular weight excluding hydrogens is 216 g/mol. The zero-order valence-electron chi connectivity index (χ0n) is 10.6. The molecule has 0 radical (unpaired) electrons. The summed E-state index contributed by atoms with van der Waals surface area (Å²) in [6.07, 6.45) is -0.420. The van der Waals surface area contributed by atoms with Gasteiger partial charge in [-0.15, -0.1) is 0 Å². The number of carbonyl (C=O) groups excluding carboxylic acids is 1. The van der Waals surface area contributed by atoms with Gasteiger partial charge in [0.1, 0.15) is 0 Å². The lowest BCUT2D eigenvalue weighted by Crippen LogP contribution is -2.17. The summed E-state index contributed by atoms with van der Waals surface area (Å²) >= 11 is 0. The van der Waals surface area contributed by atoms with Crippen LogP contribution in [0, 0.1) is 12.8 Å². The molecule has 0 aliphatic rings. The second-order valence-electron chi connectivity index (χ2n) is 4.47. The Kier molecular flexibility index (Phi) is 4.97. The van der Waals surface area contributed by atoms with E-state index in [1.165, 1.54) is 0 Å². The van der Waals surface area contributed by atoms with Gasteiger partial charge in [0.2, 0.25) is 0 Å². The lowest BCUT2D eigenvalue weighted by Gasteiger charge is -2.11. The summed E-state index contributed by atoms with van der Waals surface area (Å²) in [5.74, 6) is 0.331. The molecule has 0 spiro atoms. The lowest BCUT2D eigenvalue weighted by molar-refractivity contribution is 0.147. The number of hydrogen-bond donors (Lipinski definition) is 2. The molecule has 0 saturated carbocycles. The molecule has 0 unspecified atom stereocenters. The molecule has 3 N–H and O–H groups in total. The minimum atomic E-state index is -0.420. The van der Waals surface area contributed by atoms with Gasteiger partial charge in [-0.25, -0.2) is 4.79 Å². The van der Waals surface area contributed by atoms with E-state index in [2.05, 4.69) is 5.32 Å². The van der Waals surface area contributed by atoms with Crippen molar-refractivity contribution in [2.45, 2.75) is 27.3 Å². The van der Waals surface area contributed by atoms with E-state index in [-0.39, 0.29) is 0 Å². The van der Waals surface area contributed by atoms with Crippen LogP contribution in [0.2, 0.25) is 0 Å². The fourth-order valence-electron chi connectivity index (χ4n) is 1.32. The highest BCUT2D eigenvalue weighted by Crippen LogP contribution is 2.16. The van der Waals surface area contributed by atoms with Crippen LogP contribution in [0.15, 0.2) is 18.2 Å². The summed E-state index contributed by atoms with van der Waals surface area (Å²) < 4.78 is 5.05. The van der Waals surface area contributed by atoms with Crippen molar-refractivity contribution in [3.63, 3.8) is 0 Å². The van der Waals surface area contributed by atoms with Crippen molar-refractivity contribution < 1.29 is 9.53 Å². The third-order valence-corrected chi connectivity index (χ3v) is 2.32. The maximum absolute atomic E-state index is 11.5. The molecule has 0 aliphatic heterocycles. The summed E-state index contributed by atoms with van der Waals surface area (Å²) in [4.78, 5) is 11.5. The second kappa shape index (κ2) is 6.25. The maximum atomic E-state index is 11.5. The minimum absolute atomic E-state index is 0.331. The molecule has 0 fully saturated rings. The highest BCUT2D eigenvalue weighted by molar-refractivity contribution is 5.85. The molecule has 94 valence electrons. The Hall–Kier alpha value is -1.55. The van der Waals surface area contributed by atoms with Crippen molar-refractivity contribution >= 4 is 11.8 Å². The van der Waals surface area contributed by atoms with Gasteiger partial charge in [-0.2, -0.15) is 0 Å². The van der Waals surface area contributed by atoms with Crippen molar-refractivity contribution in [1.29, 1.82) is 0 Å². The molecule has 0 bridgehead atoms. The number of ether oxygens (including phenoxy) is 1. The summed E-state index contributed by atoms with van der Waals surface area (Å²) in [7, 11) is 0. The molecule has 0 atom stereocenters. The van der Waals surface area contributed by atoms with Crippen molar-refractivity contribution in [3.05, 3.63) is 29.3 Å². The van der Waals surface area contributed by atoms with Crippen LogP contribution in [-0.2, 0) is 11.3 Å². The number of amides is 1. The molecule has 0 aliphatic carbocycles. The molecule has 1 aromatic carbocycles. The normalized spacial score (nSPS) is 10.4. The summed E-state index contributed by atoms with van der Waals surface area (Å²) in [6, 6.07) is 5.74. The van der Waals surface area contributed by atoms with Crippen LogP contribution in [0.3, 0.4) is 0 Å². The Morgan fingerprint density at radius 1 is 1.47 bits per heavy atom. The maximum Gasteiger partial charge on any atom is 0.411 e. The van der Waals surface area contributed by atoms with Gasteiger partial charge in [-0.05, 0) is 30.0 Å². The lowest BCUT2D eigenvalue weighted by atomic mass is 10.1. The molecule has 17 heavy (non-hydrogen) atoms. The summed E-state index contributed by atoms with van der Waals surface area (Å²) in [5, 5.41) is 2.72. The number of anilines is 1. The largest absolute Gasteiger partial charge is 0.449 e. The Morgan fingerprint density at radius 2 is 2.18 bits per heavy atom. The van der Waals surface area contributed by atoms with Crippen LogP contribution in [0.4, 0.5) is 10.5 Å². The first-order valence-corrected chi connectivity index (χ1v) is 5.76. The Bertz CT molecular complexity index is 389. The van der Waals surface area contributed by atoms with Crippen molar-refractivity contribution in [2.24, 2.45) is 11.7 Å². The van der Waals surface area contributed by atoms with Crippen LogP contribution >= 0.6 is 0 Å². The highest BCUT2D eigenvalue weighted by Gasteiger charge is 2.07. The third kappa shape index (κ3) is 4.44. The van der Waals surface area contributed by atoms with Gasteiger partial charge < -0.3 is 10.5 Å². The van der Waals surface area contributed by atoms with E-state index in [9.17, 15) is 4.79 Å². The zero-order valence-corrected chi connectivity index (χ0v) is 10.6. The van der Waals surface area contributed by atoms with Crippen LogP contribution in [0.25, 0.3) is 0 Å². The number of hydrogen-bond acceptors (Lipinski definition) is 3. The molecule has 0 aromatic heterocycles. The van der Waals surface area contributed by atoms with E-state index in [1.54, 1.807) is 0 Å². The zero-order chi connectivity index (χ0) is 12.8. The molecule has 1 aromatic rings. The van der Waals surface area contributed by atoms with Crippen molar-refractivity contribution in [2.75, 3.05) is 11.9 Å². The number of carbonyl (C=O) groups is 1. The first kappa shape index (κ1) is 13.5. The summed E-state index contributed by atoms with van der Waals surface area (Å²) in [6.45, 7) is 6.79. The number of nitrogens with one attached hydrogen (secondary N) is 1. The summed E-state index contributed by atoms with van der Waals surface area (Å²) in [5.41, 5.74) is 8.28. The van der Waals surface area contributed by atoms with Crippen LogP contribution < -0.4 is 11.1 Å². The molecule has 1 amide bonds. The quantitative estimate of drug-likeness (QED) is 0.844. The molecule has 0 saturated heterocycles. The number of rotatable bonds is 4.